The van der Waals surface area contributed by atoms with Crippen molar-refractivity contribution in [2.75, 3.05) is 0 Å². The average Bonchev–Trinajstić information content (AvgIpc) is 1.90. The van der Waals surface area contributed by atoms with Crippen LogP contribution in [0.25, 0.3) is 0 Å². The highest BCUT2D eigenvalue weighted by molar-refractivity contribution is 4.92. The van der Waals surface area contributed by atoms with Crippen molar-refractivity contribution in [1.82, 2.24) is 9.97 Å². The number of hydrogen-bond acceptors (Lipinski definition) is 3. The molecule has 0 radical (unpaired) electrons. The summed E-state index contributed by atoms with van der Waals surface area (Å²) < 4.78 is 12.0. The summed E-state index contributed by atoms with van der Waals surface area (Å²) in [5.74, 6) is -0.632. The number of rotatable bonds is 1. The highest BCUT2D eigenvalue weighted by Gasteiger charge is 1.91. The third-order valence-electron chi connectivity index (χ3n) is 0.836. The fraction of sp³-hybridized carbons (Fsp3) is 0.200. The van der Waals surface area contributed by atoms with Gasteiger partial charge in [0.25, 0.3) is 0 Å². The largest absolute Gasteiger partial charge is 0.390 e. The first kappa shape index (κ1) is 6.10. The zero-order valence-electron chi connectivity index (χ0n) is 4.58. The van der Waals surface area contributed by atoms with E-state index in [0.717, 1.165) is 6.20 Å². The summed E-state index contributed by atoms with van der Waals surface area (Å²) in [6.45, 7) is -0.201. The lowest BCUT2D eigenvalue weighted by atomic mass is 10.5. The highest BCUT2D eigenvalue weighted by Crippen LogP contribution is 1.91. The molecule has 0 atom stereocenters. The third-order valence-corrected chi connectivity index (χ3v) is 0.836. The van der Waals surface area contributed by atoms with Crippen LogP contribution in [-0.2, 0) is 6.61 Å². The van der Waals surface area contributed by atoms with Crippen molar-refractivity contribution in [3.8, 4) is 0 Å². The van der Waals surface area contributed by atoms with Crippen molar-refractivity contribution in [3.05, 3.63) is 24.0 Å². The van der Waals surface area contributed by atoms with Crippen LogP contribution in [0, 0.1) is 5.95 Å². The summed E-state index contributed by atoms with van der Waals surface area (Å²) in [5, 5.41) is 8.40. The van der Waals surface area contributed by atoms with Crippen molar-refractivity contribution >= 4 is 0 Å². The van der Waals surface area contributed by atoms with Gasteiger partial charge in [0.2, 0.25) is 5.95 Å². The number of aromatic nitrogens is 2. The van der Waals surface area contributed by atoms with Crippen LogP contribution in [0.2, 0.25) is 0 Å². The minimum Gasteiger partial charge on any atom is -0.390 e. The Hall–Kier alpha value is -1.03. The smallest absolute Gasteiger partial charge is 0.231 e. The molecule has 1 N–H and O–H groups in total. The number of aliphatic hydroxyl groups excluding tert-OH is 1. The first-order chi connectivity index (χ1) is 4.33. The van der Waals surface area contributed by atoms with E-state index in [9.17, 15) is 4.39 Å². The first-order valence-electron chi connectivity index (χ1n) is 2.40. The summed E-state index contributed by atoms with van der Waals surface area (Å²) in [6, 6.07) is 0. The molecule has 0 unspecified atom stereocenters. The molecule has 0 aliphatic carbocycles. The van der Waals surface area contributed by atoms with Gasteiger partial charge < -0.3 is 5.11 Å². The van der Waals surface area contributed by atoms with Gasteiger partial charge in [0, 0.05) is 0 Å². The fourth-order valence-electron chi connectivity index (χ4n) is 0.421. The normalized spacial score (nSPS) is 9.56. The first-order valence-corrected chi connectivity index (χ1v) is 2.40. The Morgan fingerprint density at radius 1 is 1.44 bits per heavy atom. The standard InChI is InChI=1S/C5H5FN2O/c6-5-2-7-4(3-9)1-8-5/h1-2,9H,3H2. The second kappa shape index (κ2) is 2.50. The summed E-state index contributed by atoms with van der Waals surface area (Å²) in [7, 11) is 0. The molecule has 1 heterocycles. The van der Waals surface area contributed by atoms with E-state index in [0.29, 0.717) is 5.69 Å². The number of hydrogen-bond donors (Lipinski definition) is 1. The van der Waals surface area contributed by atoms with Crippen molar-refractivity contribution in [2.45, 2.75) is 6.61 Å². The third kappa shape index (κ3) is 1.43. The van der Waals surface area contributed by atoms with Crippen LogP contribution >= 0.6 is 0 Å². The molecular formula is C5H5FN2O. The van der Waals surface area contributed by atoms with Gasteiger partial charge in [-0.05, 0) is 0 Å². The van der Waals surface area contributed by atoms with Crippen LogP contribution in [-0.4, -0.2) is 15.1 Å². The van der Waals surface area contributed by atoms with Crippen molar-refractivity contribution < 1.29 is 9.50 Å². The van der Waals surface area contributed by atoms with Gasteiger partial charge in [-0.25, -0.2) is 4.98 Å². The van der Waals surface area contributed by atoms with Gasteiger partial charge in [-0.3, -0.25) is 4.98 Å². The zero-order chi connectivity index (χ0) is 6.69. The maximum absolute atomic E-state index is 12.0. The number of nitrogens with zero attached hydrogens (tertiary/aromatic N) is 2. The van der Waals surface area contributed by atoms with E-state index in [2.05, 4.69) is 9.97 Å². The molecule has 0 saturated carbocycles. The predicted molar refractivity (Wildman–Crippen MR) is 27.9 cm³/mol. The molecule has 0 bridgehead atoms. The second-order valence-electron chi connectivity index (χ2n) is 1.49. The SMILES string of the molecule is OCc1cnc(F)cn1. The molecule has 0 fully saturated rings. The topological polar surface area (TPSA) is 46.0 Å². The molecule has 9 heavy (non-hydrogen) atoms. The van der Waals surface area contributed by atoms with Crippen LogP contribution in [0.3, 0.4) is 0 Å². The van der Waals surface area contributed by atoms with Gasteiger partial charge >= 0.3 is 0 Å². The zero-order valence-corrected chi connectivity index (χ0v) is 4.58. The van der Waals surface area contributed by atoms with Gasteiger partial charge in [0.15, 0.2) is 0 Å². The maximum Gasteiger partial charge on any atom is 0.231 e. The van der Waals surface area contributed by atoms with Crippen LogP contribution in [0.15, 0.2) is 12.4 Å². The van der Waals surface area contributed by atoms with Gasteiger partial charge in [0.05, 0.1) is 24.7 Å². The van der Waals surface area contributed by atoms with Gasteiger partial charge in [0.1, 0.15) is 0 Å². The van der Waals surface area contributed by atoms with Gasteiger partial charge in [-0.2, -0.15) is 4.39 Å². The van der Waals surface area contributed by atoms with Crippen molar-refractivity contribution in [3.63, 3.8) is 0 Å². The Labute approximate surface area is 51.2 Å². The highest BCUT2D eigenvalue weighted by atomic mass is 19.1. The van der Waals surface area contributed by atoms with E-state index in [1.165, 1.54) is 6.20 Å². The Bertz CT molecular complexity index is 187. The fourth-order valence-corrected chi connectivity index (χ4v) is 0.421. The van der Waals surface area contributed by atoms with Crippen molar-refractivity contribution in [1.29, 1.82) is 0 Å². The Balaban J connectivity index is 2.88. The maximum atomic E-state index is 12.0. The molecule has 0 amide bonds. The van der Waals surface area contributed by atoms with E-state index in [4.69, 9.17) is 5.11 Å². The number of aliphatic hydroxyl groups is 1. The lowest BCUT2D eigenvalue weighted by molar-refractivity contribution is 0.275. The molecule has 0 aliphatic heterocycles. The lowest BCUT2D eigenvalue weighted by Crippen LogP contribution is -1.91. The predicted octanol–water partition coefficient (Wildman–Crippen LogP) is 0.108. The Kier molecular flexibility index (Phi) is 1.69. The molecule has 3 nitrogen and oxygen atoms in total. The van der Waals surface area contributed by atoms with E-state index in [-0.39, 0.29) is 6.61 Å². The van der Waals surface area contributed by atoms with Crippen LogP contribution < -0.4 is 0 Å². The van der Waals surface area contributed by atoms with E-state index < -0.39 is 5.95 Å². The molecule has 0 spiro atoms. The van der Waals surface area contributed by atoms with Crippen molar-refractivity contribution in [2.24, 2.45) is 0 Å². The molecule has 0 saturated heterocycles. The minimum absolute atomic E-state index is 0.201. The monoisotopic (exact) mass is 128 g/mol. The molecule has 1 rings (SSSR count). The second-order valence-corrected chi connectivity index (χ2v) is 1.49. The quantitative estimate of drug-likeness (QED) is 0.583. The lowest BCUT2D eigenvalue weighted by Gasteiger charge is -1.90. The van der Waals surface area contributed by atoms with Crippen LogP contribution in [0.1, 0.15) is 5.69 Å². The van der Waals surface area contributed by atoms with E-state index >= 15 is 0 Å². The molecule has 1 aromatic heterocycles. The average molecular weight is 128 g/mol. The number of halogens is 1. The Morgan fingerprint density at radius 3 is 2.67 bits per heavy atom. The summed E-state index contributed by atoms with van der Waals surface area (Å²) in [4.78, 5) is 6.77. The van der Waals surface area contributed by atoms with Crippen LogP contribution in [0.4, 0.5) is 4.39 Å². The minimum atomic E-state index is -0.632. The molecular weight excluding hydrogens is 123 g/mol. The molecule has 0 aromatic carbocycles. The molecule has 48 valence electrons. The van der Waals surface area contributed by atoms with E-state index in [1.54, 1.807) is 0 Å². The molecule has 0 aliphatic rings. The Morgan fingerprint density at radius 2 is 2.22 bits per heavy atom. The summed E-state index contributed by atoms with van der Waals surface area (Å²) in [6.07, 6.45) is 2.15. The molecule has 1 aromatic rings. The van der Waals surface area contributed by atoms with Gasteiger partial charge in [-0.15, -0.1) is 0 Å². The van der Waals surface area contributed by atoms with E-state index in [1.807, 2.05) is 0 Å². The van der Waals surface area contributed by atoms with Gasteiger partial charge in [-0.1, -0.05) is 0 Å². The van der Waals surface area contributed by atoms with Crippen LogP contribution in [0.5, 0.6) is 0 Å². The summed E-state index contributed by atoms with van der Waals surface area (Å²) in [5.41, 5.74) is 0.372. The molecule has 4 heteroatoms. The summed E-state index contributed by atoms with van der Waals surface area (Å²) >= 11 is 0.